The molecule has 0 aliphatic carbocycles. The van der Waals surface area contributed by atoms with Crippen molar-refractivity contribution in [3.8, 4) is 28.7 Å². The van der Waals surface area contributed by atoms with Gasteiger partial charge in [0.1, 0.15) is 31.0 Å². The second kappa shape index (κ2) is 11.3. The molecule has 2 aromatic carbocycles. The van der Waals surface area contributed by atoms with Gasteiger partial charge in [-0.15, -0.1) is 0 Å². The molecule has 0 aromatic heterocycles. The number of phenolic OH excluding ortho intramolecular Hbond substituents is 3. The number of aromatic hydroxyl groups is 3. The minimum absolute atomic E-state index is 0.138. The van der Waals surface area contributed by atoms with Crippen LogP contribution in [-0.4, -0.2) is 86.8 Å². The summed E-state index contributed by atoms with van der Waals surface area (Å²) in [7, 11) is 1.39. The summed E-state index contributed by atoms with van der Waals surface area (Å²) in [5.41, 5.74) is 0.181. The van der Waals surface area contributed by atoms with Crippen LogP contribution >= 0.6 is 0 Å². The molecule has 194 valence electrons. The van der Waals surface area contributed by atoms with Gasteiger partial charge in [0.2, 0.25) is 12.0 Å². The number of ether oxygens (including phenoxy) is 4. The van der Waals surface area contributed by atoms with Crippen molar-refractivity contribution in [2.24, 2.45) is 0 Å². The maximum absolute atomic E-state index is 12.7. The molecule has 36 heavy (non-hydrogen) atoms. The third-order valence-electron chi connectivity index (χ3n) is 5.36. The SMILES string of the molecule is COc1ccc(C=CC(=O)c2ccc(O)c(O[C@@H]3O[C@H](COC(C)=O)[C@@H](O)[C@H](O)[C@H]3O)c2O)cc1O. The Morgan fingerprint density at radius 1 is 1.00 bits per heavy atom. The molecule has 0 spiro atoms. The van der Waals surface area contributed by atoms with E-state index in [0.29, 0.717) is 5.56 Å². The number of aliphatic hydroxyl groups is 3. The van der Waals surface area contributed by atoms with Gasteiger partial charge < -0.3 is 49.6 Å². The quantitative estimate of drug-likeness (QED) is 0.165. The number of rotatable bonds is 8. The standard InChI is InChI=1S/C24H26O12/c1-11(25)34-10-18-20(30)21(31)22(32)24(35-18)36-23-15(27)7-5-13(19(23)29)14(26)6-3-12-4-8-17(33-2)16(28)9-12/h3-9,18,20-22,24,27-32H,10H2,1-2H3/t18-,20-,21+,22-,24+/m1/s1. The van der Waals surface area contributed by atoms with E-state index in [0.717, 1.165) is 25.1 Å². The Hall–Kier alpha value is -3.84. The van der Waals surface area contributed by atoms with E-state index in [1.807, 2.05) is 0 Å². The highest BCUT2D eigenvalue weighted by Gasteiger charge is 2.46. The monoisotopic (exact) mass is 506 g/mol. The lowest BCUT2D eigenvalue weighted by Crippen LogP contribution is -2.60. The average Bonchev–Trinajstić information content (AvgIpc) is 2.84. The zero-order chi connectivity index (χ0) is 26.6. The van der Waals surface area contributed by atoms with Gasteiger partial charge in [-0.1, -0.05) is 12.1 Å². The summed E-state index contributed by atoms with van der Waals surface area (Å²) in [5.74, 6) is -3.28. The summed E-state index contributed by atoms with van der Waals surface area (Å²) in [6.07, 6.45) is -5.76. The summed E-state index contributed by atoms with van der Waals surface area (Å²) >= 11 is 0. The molecular formula is C24H26O12. The van der Waals surface area contributed by atoms with E-state index in [1.165, 1.54) is 25.3 Å². The number of ketones is 1. The number of carbonyl (C=O) groups is 2. The smallest absolute Gasteiger partial charge is 0.302 e. The van der Waals surface area contributed by atoms with Crippen LogP contribution < -0.4 is 9.47 Å². The number of hydrogen-bond donors (Lipinski definition) is 6. The number of esters is 1. The molecule has 1 heterocycles. The molecule has 5 atom stereocenters. The summed E-state index contributed by atoms with van der Waals surface area (Å²) < 4.78 is 20.5. The first-order chi connectivity index (χ1) is 17.0. The molecule has 0 saturated carbocycles. The highest BCUT2D eigenvalue weighted by Crippen LogP contribution is 2.41. The van der Waals surface area contributed by atoms with Crippen LogP contribution in [0.25, 0.3) is 6.08 Å². The van der Waals surface area contributed by atoms with Crippen molar-refractivity contribution in [3.05, 3.63) is 47.5 Å². The maximum atomic E-state index is 12.7. The van der Waals surface area contributed by atoms with Gasteiger partial charge in [0, 0.05) is 6.92 Å². The molecular weight excluding hydrogens is 480 g/mol. The predicted molar refractivity (Wildman–Crippen MR) is 122 cm³/mol. The van der Waals surface area contributed by atoms with Crippen molar-refractivity contribution >= 4 is 17.8 Å². The first kappa shape index (κ1) is 26.8. The zero-order valence-electron chi connectivity index (χ0n) is 19.3. The molecule has 6 N–H and O–H groups in total. The van der Waals surface area contributed by atoms with Gasteiger partial charge in [0.05, 0.1) is 12.7 Å². The topological polar surface area (TPSA) is 192 Å². The van der Waals surface area contributed by atoms with E-state index in [1.54, 1.807) is 6.07 Å². The first-order valence-electron chi connectivity index (χ1n) is 10.7. The number of methoxy groups -OCH3 is 1. The first-order valence-corrected chi connectivity index (χ1v) is 10.7. The van der Waals surface area contributed by atoms with Crippen LogP contribution in [0.3, 0.4) is 0 Å². The van der Waals surface area contributed by atoms with Crippen molar-refractivity contribution in [2.45, 2.75) is 37.6 Å². The van der Waals surface area contributed by atoms with Crippen LogP contribution in [0.1, 0.15) is 22.8 Å². The molecule has 1 fully saturated rings. The van der Waals surface area contributed by atoms with Crippen molar-refractivity contribution < 1.29 is 59.2 Å². The molecule has 3 rings (SSSR count). The van der Waals surface area contributed by atoms with Crippen molar-refractivity contribution in [3.63, 3.8) is 0 Å². The van der Waals surface area contributed by atoms with Crippen LogP contribution in [0, 0.1) is 0 Å². The number of benzene rings is 2. The summed E-state index contributed by atoms with van der Waals surface area (Å²) in [6.45, 7) is 0.654. The van der Waals surface area contributed by atoms with Crippen LogP contribution in [0.4, 0.5) is 0 Å². The normalized spacial score (nSPS) is 23.9. The van der Waals surface area contributed by atoms with E-state index in [2.05, 4.69) is 0 Å². The van der Waals surface area contributed by atoms with Gasteiger partial charge in [0.15, 0.2) is 28.8 Å². The van der Waals surface area contributed by atoms with E-state index < -0.39 is 66.3 Å². The molecule has 12 heteroatoms. The molecule has 1 aliphatic heterocycles. The molecule has 0 amide bonds. The Morgan fingerprint density at radius 2 is 1.72 bits per heavy atom. The number of aliphatic hydroxyl groups excluding tert-OH is 3. The largest absolute Gasteiger partial charge is 0.504 e. The Bertz CT molecular complexity index is 1140. The number of hydrogen-bond acceptors (Lipinski definition) is 12. The molecule has 2 aromatic rings. The van der Waals surface area contributed by atoms with Gasteiger partial charge in [-0.2, -0.15) is 0 Å². The Kier molecular flexibility index (Phi) is 8.37. The van der Waals surface area contributed by atoms with Crippen molar-refractivity contribution in [2.75, 3.05) is 13.7 Å². The van der Waals surface area contributed by atoms with Crippen LogP contribution in [-0.2, 0) is 14.3 Å². The van der Waals surface area contributed by atoms with Crippen LogP contribution in [0.5, 0.6) is 28.7 Å². The Morgan fingerprint density at radius 3 is 2.36 bits per heavy atom. The van der Waals surface area contributed by atoms with E-state index in [4.69, 9.17) is 18.9 Å². The van der Waals surface area contributed by atoms with Crippen LogP contribution in [0.15, 0.2) is 36.4 Å². The summed E-state index contributed by atoms with van der Waals surface area (Å²) in [4.78, 5) is 23.8. The van der Waals surface area contributed by atoms with E-state index in [9.17, 15) is 40.2 Å². The minimum Gasteiger partial charge on any atom is -0.504 e. The fourth-order valence-corrected chi connectivity index (χ4v) is 3.42. The van der Waals surface area contributed by atoms with Gasteiger partial charge in [-0.25, -0.2) is 0 Å². The molecule has 0 radical (unpaired) electrons. The number of carbonyl (C=O) groups excluding carboxylic acids is 2. The summed E-state index contributed by atoms with van der Waals surface area (Å²) in [6, 6.07) is 6.64. The lowest BCUT2D eigenvalue weighted by Gasteiger charge is -2.39. The van der Waals surface area contributed by atoms with Crippen molar-refractivity contribution in [1.82, 2.24) is 0 Å². The van der Waals surface area contributed by atoms with Crippen molar-refractivity contribution in [1.29, 1.82) is 0 Å². The summed E-state index contributed by atoms with van der Waals surface area (Å²) in [5, 5.41) is 61.1. The fourth-order valence-electron chi connectivity index (χ4n) is 3.42. The van der Waals surface area contributed by atoms with Gasteiger partial charge in [-0.05, 0) is 35.9 Å². The molecule has 0 bridgehead atoms. The highest BCUT2D eigenvalue weighted by atomic mass is 16.7. The molecule has 0 unspecified atom stereocenters. The maximum Gasteiger partial charge on any atom is 0.302 e. The van der Waals surface area contributed by atoms with E-state index >= 15 is 0 Å². The minimum atomic E-state index is -1.82. The number of allylic oxidation sites excluding steroid dienone is 1. The second-order valence-electron chi connectivity index (χ2n) is 7.87. The van der Waals surface area contributed by atoms with E-state index in [-0.39, 0.29) is 17.1 Å². The van der Waals surface area contributed by atoms with Gasteiger partial charge in [-0.3, -0.25) is 9.59 Å². The Labute approximate surface area is 205 Å². The van der Waals surface area contributed by atoms with Crippen LogP contribution in [0.2, 0.25) is 0 Å². The fraction of sp³-hybridized carbons (Fsp3) is 0.333. The number of phenols is 3. The van der Waals surface area contributed by atoms with Gasteiger partial charge in [0.25, 0.3) is 0 Å². The second-order valence-corrected chi connectivity index (χ2v) is 7.87. The lowest BCUT2D eigenvalue weighted by molar-refractivity contribution is -0.278. The zero-order valence-corrected chi connectivity index (χ0v) is 19.3. The molecule has 1 aliphatic rings. The third kappa shape index (κ3) is 5.86. The predicted octanol–water partition coefficient (Wildman–Crippen LogP) is 0.458. The molecule has 12 nitrogen and oxygen atoms in total. The van der Waals surface area contributed by atoms with Gasteiger partial charge >= 0.3 is 5.97 Å². The lowest BCUT2D eigenvalue weighted by atomic mass is 9.99. The Balaban J connectivity index is 1.81. The third-order valence-corrected chi connectivity index (χ3v) is 5.36. The molecule has 1 saturated heterocycles. The highest BCUT2D eigenvalue weighted by molar-refractivity contribution is 6.09. The average molecular weight is 506 g/mol.